The fourth-order valence-corrected chi connectivity index (χ4v) is 11.8. The van der Waals surface area contributed by atoms with Gasteiger partial charge in [0.2, 0.25) is 0 Å². The number of benzene rings is 2. The Morgan fingerprint density at radius 3 is 2.42 bits per heavy atom. The highest BCUT2D eigenvalue weighted by Crippen LogP contribution is 2.72. The molecule has 0 radical (unpaired) electrons. The number of hydrogen-bond acceptors (Lipinski definition) is 8. The number of nitrogens with zero attached hydrogens (tertiary/aromatic N) is 5. The Bertz CT molecular complexity index is 2400. The third kappa shape index (κ3) is 5.40. The van der Waals surface area contributed by atoms with E-state index in [9.17, 15) is 14.7 Å². The Hall–Kier alpha value is -5.00. The zero-order valence-corrected chi connectivity index (χ0v) is 30.5. The summed E-state index contributed by atoms with van der Waals surface area (Å²) in [7, 11) is 1.88. The van der Waals surface area contributed by atoms with E-state index in [0.29, 0.717) is 38.4 Å². The summed E-state index contributed by atoms with van der Waals surface area (Å²) in [4.78, 5) is 40.1. The number of nitrogens with one attached hydrogen (secondary N) is 1. The summed E-state index contributed by atoms with van der Waals surface area (Å²) >= 11 is 1.41. The molecule has 1 amide bonds. The van der Waals surface area contributed by atoms with Crippen LogP contribution in [0.4, 0.5) is 5.13 Å². The number of carboxylic acid groups (broad SMARTS) is 1. The second-order valence-corrected chi connectivity index (χ2v) is 17.3. The van der Waals surface area contributed by atoms with Crippen molar-refractivity contribution in [1.29, 1.82) is 0 Å². The number of para-hydroxylation sites is 1. The molecule has 4 saturated carbocycles. The van der Waals surface area contributed by atoms with Gasteiger partial charge in [0.1, 0.15) is 0 Å². The fourth-order valence-electron chi connectivity index (χ4n) is 11.0. The molecule has 2 N–H and O–H groups in total. The van der Waals surface area contributed by atoms with Crippen LogP contribution in [0.1, 0.15) is 78.9 Å². The molecule has 52 heavy (non-hydrogen) atoms. The molecule has 264 valence electrons. The maximum atomic E-state index is 13.5. The number of amides is 1. The Morgan fingerprint density at radius 1 is 0.904 bits per heavy atom. The molecule has 4 aromatic heterocycles. The molecule has 4 heterocycles. The molecule has 4 bridgehead atoms. The van der Waals surface area contributed by atoms with Crippen LogP contribution in [0, 0.1) is 23.2 Å². The summed E-state index contributed by atoms with van der Waals surface area (Å²) in [6.07, 6.45) is 10.2. The highest BCUT2D eigenvalue weighted by molar-refractivity contribution is 7.22. The van der Waals surface area contributed by atoms with Gasteiger partial charge in [0.15, 0.2) is 10.8 Å². The van der Waals surface area contributed by atoms with Crippen molar-refractivity contribution in [2.45, 2.75) is 71.4 Å². The van der Waals surface area contributed by atoms with Crippen LogP contribution in [0.15, 0.2) is 73.1 Å². The SMILES string of the molecule is COC12CC3(C)CC(C)(CC(Cn4ncc(-c5ccc(-c6cnc7cccc(C(=O)Nc8nc9ccccc9s8)c7c6)nc5C(=O)O)c4C)(C3)C1)C2. The molecule has 4 fully saturated rings. The number of rotatable bonds is 8. The van der Waals surface area contributed by atoms with Crippen molar-refractivity contribution in [3.63, 3.8) is 0 Å². The van der Waals surface area contributed by atoms with Gasteiger partial charge in [-0.3, -0.25) is 19.8 Å². The number of aromatic nitrogens is 5. The average molecular weight is 713 g/mol. The minimum absolute atomic E-state index is 0.0599. The molecule has 0 spiro atoms. The molecule has 2 unspecified atom stereocenters. The van der Waals surface area contributed by atoms with Crippen molar-refractivity contribution in [2.75, 3.05) is 12.4 Å². The number of carbonyl (C=O) groups is 2. The zero-order valence-electron chi connectivity index (χ0n) is 29.7. The molecule has 4 aliphatic carbocycles. The molecule has 2 aromatic carbocycles. The lowest BCUT2D eigenvalue weighted by Gasteiger charge is -2.69. The lowest BCUT2D eigenvalue weighted by molar-refractivity contribution is -0.239. The molecule has 6 aromatic rings. The number of methoxy groups -OCH3 is 1. The summed E-state index contributed by atoms with van der Waals surface area (Å²) in [6.45, 7) is 7.67. The maximum Gasteiger partial charge on any atom is 0.355 e. The number of carbonyl (C=O) groups excluding carboxylic acids is 1. The van der Waals surface area contributed by atoms with Gasteiger partial charge >= 0.3 is 5.97 Å². The number of pyridine rings is 2. The predicted octanol–water partition coefficient (Wildman–Crippen LogP) is 8.79. The van der Waals surface area contributed by atoms with E-state index in [1.54, 1.807) is 24.5 Å². The van der Waals surface area contributed by atoms with Crippen LogP contribution in [-0.4, -0.2) is 54.4 Å². The van der Waals surface area contributed by atoms with Crippen LogP contribution in [0.5, 0.6) is 0 Å². The van der Waals surface area contributed by atoms with Gasteiger partial charge in [-0.2, -0.15) is 5.10 Å². The van der Waals surface area contributed by atoms with Crippen LogP contribution >= 0.6 is 11.3 Å². The van der Waals surface area contributed by atoms with Gasteiger partial charge in [-0.05, 0) is 104 Å². The predicted molar refractivity (Wildman–Crippen MR) is 202 cm³/mol. The second kappa shape index (κ2) is 11.5. The van der Waals surface area contributed by atoms with E-state index in [2.05, 4.69) is 38.8 Å². The normalized spacial score (nSPS) is 26.3. The highest BCUT2D eigenvalue weighted by Gasteiger charge is 2.66. The fraction of sp³-hybridized carbons (Fsp3) is 0.366. The molecule has 0 aliphatic heterocycles. The van der Waals surface area contributed by atoms with Crippen molar-refractivity contribution in [3.05, 3.63) is 90.0 Å². The van der Waals surface area contributed by atoms with Crippen LogP contribution < -0.4 is 5.32 Å². The molecule has 4 aliphatic rings. The van der Waals surface area contributed by atoms with Gasteiger partial charge in [-0.1, -0.05) is 43.4 Å². The van der Waals surface area contributed by atoms with Gasteiger partial charge in [-0.15, -0.1) is 0 Å². The van der Waals surface area contributed by atoms with Crippen molar-refractivity contribution < 1.29 is 19.4 Å². The molecule has 2 atom stereocenters. The van der Waals surface area contributed by atoms with Crippen molar-refractivity contribution in [1.82, 2.24) is 24.7 Å². The van der Waals surface area contributed by atoms with E-state index in [-0.39, 0.29) is 33.4 Å². The number of fused-ring (bicyclic) bond motifs is 2. The minimum atomic E-state index is -1.13. The lowest BCUT2D eigenvalue weighted by Crippen LogP contribution is -2.64. The van der Waals surface area contributed by atoms with Gasteiger partial charge in [0.05, 0.1) is 33.2 Å². The van der Waals surface area contributed by atoms with E-state index in [4.69, 9.17) is 9.84 Å². The summed E-state index contributed by atoms with van der Waals surface area (Å²) in [6, 6.07) is 18.6. The van der Waals surface area contributed by atoms with Crippen molar-refractivity contribution >= 4 is 49.5 Å². The number of aromatic carboxylic acids is 1. The van der Waals surface area contributed by atoms with Gasteiger partial charge in [-0.25, -0.2) is 14.8 Å². The first-order chi connectivity index (χ1) is 24.9. The molecular weight excluding hydrogens is 673 g/mol. The Balaban J connectivity index is 1.02. The monoisotopic (exact) mass is 712 g/mol. The first-order valence-electron chi connectivity index (χ1n) is 17.8. The Kier molecular flexibility index (Phi) is 7.27. The van der Waals surface area contributed by atoms with Crippen molar-refractivity contribution in [2.24, 2.45) is 16.2 Å². The first-order valence-corrected chi connectivity index (χ1v) is 18.6. The number of thiazole rings is 1. The largest absolute Gasteiger partial charge is 0.476 e. The van der Waals surface area contributed by atoms with Crippen LogP contribution in [0.3, 0.4) is 0 Å². The van der Waals surface area contributed by atoms with E-state index < -0.39 is 5.97 Å². The van der Waals surface area contributed by atoms with Crippen LogP contribution in [-0.2, 0) is 11.3 Å². The maximum absolute atomic E-state index is 13.5. The third-order valence-electron chi connectivity index (χ3n) is 11.8. The second-order valence-electron chi connectivity index (χ2n) is 16.3. The van der Waals surface area contributed by atoms with E-state index in [1.165, 1.54) is 17.8 Å². The van der Waals surface area contributed by atoms with Gasteiger partial charge < -0.3 is 9.84 Å². The molecule has 10 nitrogen and oxygen atoms in total. The van der Waals surface area contributed by atoms with E-state index >= 15 is 0 Å². The standard InChI is InChI=1S/C41H40N6O4S/c1-24-29(16-43-47(24)23-40-18-38(2)17-39(3,19-40)21-41(20-38,22-40)51-4)26-12-13-30(44-34(26)36(49)50)25-14-28-27(8-7-10-31(28)42-15-25)35(48)46-37-45-32-9-5-6-11-33(32)52-37/h5-16H,17-23H2,1-4H3,(H,49,50)(H,45,46,48). The number of hydrogen-bond donors (Lipinski definition) is 2. The van der Waals surface area contributed by atoms with Gasteiger partial charge in [0.25, 0.3) is 5.91 Å². The quantitative estimate of drug-likeness (QED) is 0.160. The summed E-state index contributed by atoms with van der Waals surface area (Å²) in [5.74, 6) is -1.43. The van der Waals surface area contributed by atoms with Crippen LogP contribution in [0.25, 0.3) is 43.5 Å². The smallest absolute Gasteiger partial charge is 0.355 e. The minimum Gasteiger partial charge on any atom is -0.476 e. The molecule has 0 saturated heterocycles. The zero-order chi connectivity index (χ0) is 36.0. The Labute approximate surface area is 305 Å². The first kappa shape index (κ1) is 32.9. The molecule has 10 rings (SSSR count). The Morgan fingerprint density at radius 2 is 1.67 bits per heavy atom. The third-order valence-corrected chi connectivity index (χ3v) is 12.8. The van der Waals surface area contributed by atoms with E-state index in [1.807, 2.05) is 62.6 Å². The summed E-state index contributed by atoms with van der Waals surface area (Å²) in [5, 5.41) is 19.3. The summed E-state index contributed by atoms with van der Waals surface area (Å²) in [5.41, 5.74) is 5.56. The lowest BCUT2D eigenvalue weighted by atomic mass is 9.39. The molecular formula is C41H40N6O4S. The van der Waals surface area contributed by atoms with Crippen molar-refractivity contribution in [3.8, 4) is 22.4 Å². The van der Waals surface area contributed by atoms with Gasteiger partial charge in [0, 0.05) is 53.2 Å². The topological polar surface area (TPSA) is 132 Å². The van der Waals surface area contributed by atoms with Crippen LogP contribution in [0.2, 0.25) is 0 Å². The van der Waals surface area contributed by atoms with E-state index in [0.717, 1.165) is 60.1 Å². The summed E-state index contributed by atoms with van der Waals surface area (Å²) < 4.78 is 9.34. The highest BCUT2D eigenvalue weighted by atomic mass is 32.1. The number of anilines is 1. The number of ether oxygens (including phenoxy) is 1. The molecule has 11 heteroatoms. The number of carboxylic acids is 1. The average Bonchev–Trinajstić information content (AvgIpc) is 3.67.